The number of carboxylic acid groups (broad SMARTS) is 2. The van der Waals surface area contributed by atoms with Crippen molar-refractivity contribution in [2.75, 3.05) is 13.2 Å². The van der Waals surface area contributed by atoms with Crippen molar-refractivity contribution in [2.45, 2.75) is 79.1 Å². The lowest BCUT2D eigenvalue weighted by atomic mass is 10.0. The molecule has 0 aromatic heterocycles. The molecule has 30 heavy (non-hydrogen) atoms. The van der Waals surface area contributed by atoms with Crippen LogP contribution >= 0.6 is 0 Å². The molecule has 0 aliphatic heterocycles. The van der Waals surface area contributed by atoms with Crippen molar-refractivity contribution < 1.29 is 30.0 Å². The Bertz CT molecular complexity index is 501. The molecule has 174 valence electrons. The van der Waals surface area contributed by atoms with Crippen LogP contribution in [0.15, 0.2) is 24.3 Å². The van der Waals surface area contributed by atoms with Gasteiger partial charge in [0.25, 0.3) is 0 Å². The molecule has 0 spiro atoms. The summed E-state index contributed by atoms with van der Waals surface area (Å²) in [5.41, 5.74) is -0.380. The first-order valence-electron chi connectivity index (χ1n) is 11.1. The first-order valence-corrected chi connectivity index (χ1v) is 11.1. The summed E-state index contributed by atoms with van der Waals surface area (Å²) in [7, 11) is 0. The highest BCUT2D eigenvalue weighted by molar-refractivity contribution is 6.01. The van der Waals surface area contributed by atoms with E-state index in [1.807, 2.05) is 0 Å². The van der Waals surface area contributed by atoms with Crippen molar-refractivity contribution >= 4 is 11.9 Å². The standard InChI is InChI=1S/C8H6O4.2C8H18O/c9-7(10)5-3-1-2-4-6(5)8(11)12;2*1-3-5-6-8(4-2)7-9/h1-4H,(H,9,10)(H,11,12);2*8-9H,3-7H2,1-2H3. The second-order valence-electron chi connectivity index (χ2n) is 7.35. The minimum Gasteiger partial charge on any atom is -0.478 e. The van der Waals surface area contributed by atoms with Crippen LogP contribution in [0.5, 0.6) is 0 Å². The molecule has 0 saturated carbocycles. The zero-order valence-corrected chi connectivity index (χ0v) is 19.1. The highest BCUT2D eigenvalue weighted by Crippen LogP contribution is 2.11. The summed E-state index contributed by atoms with van der Waals surface area (Å²) in [5, 5.41) is 34.6. The average Bonchev–Trinajstić information content (AvgIpc) is 2.76. The third-order valence-electron chi connectivity index (χ3n) is 4.99. The lowest BCUT2D eigenvalue weighted by molar-refractivity contribution is 0.0651. The maximum absolute atomic E-state index is 10.5. The van der Waals surface area contributed by atoms with E-state index in [4.69, 9.17) is 20.4 Å². The molecule has 6 nitrogen and oxygen atoms in total. The highest BCUT2D eigenvalue weighted by Gasteiger charge is 2.13. The van der Waals surface area contributed by atoms with Gasteiger partial charge in [0.15, 0.2) is 0 Å². The van der Waals surface area contributed by atoms with E-state index in [-0.39, 0.29) is 11.1 Å². The van der Waals surface area contributed by atoms with E-state index in [1.165, 1.54) is 62.8 Å². The molecule has 1 rings (SSSR count). The Balaban J connectivity index is 0. The fourth-order valence-corrected chi connectivity index (χ4v) is 2.69. The first-order chi connectivity index (χ1) is 14.3. The number of hydrogen-bond donors (Lipinski definition) is 4. The Labute approximate surface area is 182 Å². The van der Waals surface area contributed by atoms with Gasteiger partial charge in [0, 0.05) is 13.2 Å². The molecule has 2 atom stereocenters. The van der Waals surface area contributed by atoms with Crippen LogP contribution in [0.2, 0.25) is 0 Å². The van der Waals surface area contributed by atoms with Crippen LogP contribution in [0.1, 0.15) is 99.8 Å². The Morgan fingerprint density at radius 2 is 1.07 bits per heavy atom. The first kappa shape index (κ1) is 30.3. The minimum absolute atomic E-state index is 0.190. The fraction of sp³-hybridized carbons (Fsp3) is 0.667. The van der Waals surface area contributed by atoms with Gasteiger partial charge in [-0.25, -0.2) is 9.59 Å². The SMILES string of the molecule is CCCCC(CC)CO.CCCCC(CC)CO.O=C(O)c1ccccc1C(=O)O. The predicted molar refractivity (Wildman–Crippen MR) is 121 cm³/mol. The number of hydrogen-bond acceptors (Lipinski definition) is 4. The lowest BCUT2D eigenvalue weighted by Crippen LogP contribution is -2.06. The second-order valence-corrected chi connectivity index (χ2v) is 7.35. The van der Waals surface area contributed by atoms with Gasteiger partial charge in [-0.1, -0.05) is 78.4 Å². The summed E-state index contributed by atoms with van der Waals surface area (Å²) in [6, 6.07) is 5.48. The summed E-state index contributed by atoms with van der Waals surface area (Å²) in [6.45, 7) is 9.38. The van der Waals surface area contributed by atoms with Crippen LogP contribution in [0.4, 0.5) is 0 Å². The Kier molecular flexibility index (Phi) is 20.5. The second kappa shape index (κ2) is 20.4. The van der Waals surface area contributed by atoms with Gasteiger partial charge in [0.05, 0.1) is 11.1 Å². The number of rotatable bonds is 12. The van der Waals surface area contributed by atoms with Crippen molar-refractivity contribution in [3.8, 4) is 0 Å². The zero-order valence-electron chi connectivity index (χ0n) is 19.1. The number of unbranched alkanes of at least 4 members (excludes halogenated alkanes) is 2. The van der Waals surface area contributed by atoms with Crippen LogP contribution < -0.4 is 0 Å². The Morgan fingerprint density at radius 3 is 1.27 bits per heavy atom. The molecule has 0 radical (unpaired) electrons. The summed E-state index contributed by atoms with van der Waals surface area (Å²) in [6.07, 6.45) is 9.66. The van der Waals surface area contributed by atoms with Crippen molar-refractivity contribution in [3.63, 3.8) is 0 Å². The molecule has 0 fully saturated rings. The van der Waals surface area contributed by atoms with Crippen molar-refractivity contribution in [3.05, 3.63) is 35.4 Å². The van der Waals surface area contributed by atoms with Gasteiger partial charge < -0.3 is 20.4 Å². The lowest BCUT2D eigenvalue weighted by Gasteiger charge is -2.08. The molecule has 0 aliphatic rings. The van der Waals surface area contributed by atoms with Gasteiger partial charge in [0.2, 0.25) is 0 Å². The van der Waals surface area contributed by atoms with Gasteiger partial charge in [-0.2, -0.15) is 0 Å². The summed E-state index contributed by atoms with van der Waals surface area (Å²) in [4.78, 5) is 20.9. The van der Waals surface area contributed by atoms with E-state index in [0.29, 0.717) is 25.0 Å². The van der Waals surface area contributed by atoms with Gasteiger partial charge >= 0.3 is 11.9 Å². The molecular weight excluding hydrogens is 384 g/mol. The maximum atomic E-state index is 10.5. The fourth-order valence-electron chi connectivity index (χ4n) is 2.69. The quantitative estimate of drug-likeness (QED) is 0.352. The Morgan fingerprint density at radius 1 is 0.733 bits per heavy atom. The number of carboxylic acids is 2. The normalized spacial score (nSPS) is 11.9. The molecule has 1 aromatic carbocycles. The van der Waals surface area contributed by atoms with Crippen molar-refractivity contribution in [1.82, 2.24) is 0 Å². The molecule has 0 bridgehead atoms. The molecule has 4 N–H and O–H groups in total. The van der Waals surface area contributed by atoms with Crippen molar-refractivity contribution in [2.24, 2.45) is 11.8 Å². The van der Waals surface area contributed by atoms with Gasteiger partial charge in [-0.05, 0) is 36.8 Å². The number of carbonyl (C=O) groups is 2. The van der Waals surface area contributed by atoms with Crippen molar-refractivity contribution in [1.29, 1.82) is 0 Å². The monoisotopic (exact) mass is 426 g/mol. The molecular formula is C24H42O6. The van der Waals surface area contributed by atoms with Crippen LogP contribution in [-0.2, 0) is 0 Å². The minimum atomic E-state index is -1.23. The molecule has 0 aliphatic carbocycles. The van der Waals surface area contributed by atoms with Crippen LogP contribution in [0.25, 0.3) is 0 Å². The Hall–Kier alpha value is -1.92. The summed E-state index contributed by atoms with van der Waals surface area (Å²) in [5.74, 6) is -1.34. The number of aliphatic hydroxyl groups excluding tert-OH is 2. The van der Waals surface area contributed by atoms with Crippen LogP contribution in [0, 0.1) is 11.8 Å². The molecule has 6 heteroatoms. The highest BCUT2D eigenvalue weighted by atomic mass is 16.4. The summed E-state index contributed by atoms with van der Waals surface area (Å²) >= 11 is 0. The van der Waals surface area contributed by atoms with Crippen LogP contribution in [-0.4, -0.2) is 45.6 Å². The third-order valence-corrected chi connectivity index (χ3v) is 4.99. The van der Waals surface area contributed by atoms with Gasteiger partial charge in [-0.15, -0.1) is 0 Å². The zero-order chi connectivity index (χ0) is 23.4. The largest absolute Gasteiger partial charge is 0.478 e. The number of benzene rings is 1. The number of aromatic carboxylic acids is 2. The topological polar surface area (TPSA) is 115 Å². The van der Waals surface area contributed by atoms with Crippen LogP contribution in [0.3, 0.4) is 0 Å². The maximum Gasteiger partial charge on any atom is 0.336 e. The number of aliphatic hydroxyl groups is 2. The van der Waals surface area contributed by atoms with E-state index in [9.17, 15) is 9.59 Å². The van der Waals surface area contributed by atoms with E-state index in [1.54, 1.807) is 0 Å². The molecule has 1 aromatic rings. The smallest absolute Gasteiger partial charge is 0.336 e. The van der Waals surface area contributed by atoms with E-state index >= 15 is 0 Å². The average molecular weight is 427 g/mol. The molecule has 0 saturated heterocycles. The molecule has 2 unspecified atom stereocenters. The van der Waals surface area contributed by atoms with E-state index in [0.717, 1.165) is 12.8 Å². The molecule has 0 amide bonds. The van der Waals surface area contributed by atoms with E-state index < -0.39 is 11.9 Å². The predicted octanol–water partition coefficient (Wildman–Crippen LogP) is 5.47. The van der Waals surface area contributed by atoms with Gasteiger partial charge in [-0.3, -0.25) is 0 Å². The van der Waals surface area contributed by atoms with Gasteiger partial charge in [0.1, 0.15) is 0 Å². The summed E-state index contributed by atoms with van der Waals surface area (Å²) < 4.78 is 0. The third kappa shape index (κ3) is 15.0. The van der Waals surface area contributed by atoms with E-state index in [2.05, 4.69) is 27.7 Å². The molecule has 0 heterocycles.